The largest absolute Gasteiger partial charge is 0.461 e. The van der Waals surface area contributed by atoms with Crippen molar-refractivity contribution in [3.8, 4) is 0 Å². The summed E-state index contributed by atoms with van der Waals surface area (Å²) in [5.41, 5.74) is 0.269. The Hall–Kier alpha value is -3.26. The van der Waals surface area contributed by atoms with E-state index in [1.54, 1.807) is 36.5 Å². The van der Waals surface area contributed by atoms with Gasteiger partial charge in [-0.15, -0.1) is 11.3 Å². The molecule has 0 aliphatic heterocycles. The molecule has 150 valence electrons. The van der Waals surface area contributed by atoms with E-state index in [0.29, 0.717) is 21.4 Å². The van der Waals surface area contributed by atoms with Gasteiger partial charge in [0.05, 0.1) is 16.5 Å². The van der Waals surface area contributed by atoms with Crippen LogP contribution in [0.15, 0.2) is 52.0 Å². The van der Waals surface area contributed by atoms with E-state index in [1.165, 1.54) is 16.9 Å². The van der Waals surface area contributed by atoms with Gasteiger partial charge in [0.15, 0.2) is 5.76 Å². The minimum Gasteiger partial charge on any atom is -0.461 e. The lowest BCUT2D eigenvalue weighted by Gasteiger charge is -2.07. The summed E-state index contributed by atoms with van der Waals surface area (Å²) in [6.45, 7) is 4.31. The fourth-order valence-corrected chi connectivity index (χ4v) is 3.53. The number of carbonyl (C=O) groups is 2. The highest BCUT2D eigenvalue weighted by Crippen LogP contribution is 2.02. The molecular weight excluding hydrogens is 390 g/mol. The first kappa shape index (κ1) is 20.5. The number of pyridine rings is 1. The third-order valence-electron chi connectivity index (χ3n) is 3.93. The molecule has 3 rings (SSSR count). The predicted molar refractivity (Wildman–Crippen MR) is 111 cm³/mol. The molecule has 0 fully saturated rings. The van der Waals surface area contributed by atoms with Gasteiger partial charge in [-0.1, -0.05) is 19.9 Å². The van der Waals surface area contributed by atoms with Gasteiger partial charge in [0, 0.05) is 18.8 Å². The van der Waals surface area contributed by atoms with Crippen LogP contribution in [0.4, 0.5) is 0 Å². The third kappa shape index (κ3) is 5.39. The molecule has 29 heavy (non-hydrogen) atoms. The van der Waals surface area contributed by atoms with Crippen molar-refractivity contribution >= 4 is 35.2 Å². The van der Waals surface area contributed by atoms with E-state index in [9.17, 15) is 14.4 Å². The van der Waals surface area contributed by atoms with Crippen LogP contribution in [0, 0.1) is 5.92 Å². The van der Waals surface area contributed by atoms with Gasteiger partial charge >= 0.3 is 0 Å². The Labute approximate surface area is 171 Å². The molecule has 1 N–H and O–H groups in total. The predicted octanol–water partition coefficient (Wildman–Crippen LogP) is 1.16. The van der Waals surface area contributed by atoms with Gasteiger partial charge in [0.25, 0.3) is 5.56 Å². The second-order valence-electron chi connectivity index (χ2n) is 6.78. The number of Topliss-reactive ketones (excluding diaryl/α,β-unsaturated/α-hetero) is 1. The third-order valence-corrected chi connectivity index (χ3v) is 4.99. The highest BCUT2D eigenvalue weighted by atomic mass is 32.1. The molecule has 3 heterocycles. The number of nitrogens with one attached hydrogen (secondary N) is 1. The van der Waals surface area contributed by atoms with Gasteiger partial charge in [-0.3, -0.25) is 23.9 Å². The minimum atomic E-state index is -0.378. The van der Waals surface area contributed by atoms with Crippen LogP contribution in [0.25, 0.3) is 12.2 Å². The topological polar surface area (TPSA) is 94.2 Å². The van der Waals surface area contributed by atoms with Gasteiger partial charge in [-0.2, -0.15) is 0 Å². The Bertz CT molecular complexity index is 1160. The Morgan fingerprint density at radius 1 is 1.28 bits per heavy atom. The number of ketones is 1. The fourth-order valence-electron chi connectivity index (χ4n) is 2.51. The summed E-state index contributed by atoms with van der Waals surface area (Å²) in [5.74, 6) is -0.213. The zero-order chi connectivity index (χ0) is 20.8. The normalized spacial score (nSPS) is 12.5. The molecule has 3 aromatic rings. The van der Waals surface area contributed by atoms with Crippen molar-refractivity contribution in [3.05, 3.63) is 73.8 Å². The highest BCUT2D eigenvalue weighted by molar-refractivity contribution is 7.07. The van der Waals surface area contributed by atoms with Gasteiger partial charge < -0.3 is 9.73 Å². The summed E-state index contributed by atoms with van der Waals surface area (Å²) in [5, 5.41) is 2.79. The zero-order valence-corrected chi connectivity index (χ0v) is 16.9. The van der Waals surface area contributed by atoms with Crippen molar-refractivity contribution in [2.75, 3.05) is 6.54 Å². The molecule has 8 heteroatoms. The number of aromatic nitrogens is 2. The van der Waals surface area contributed by atoms with Crippen LogP contribution in [0.2, 0.25) is 0 Å². The molecular formula is C21H21N3O4S. The van der Waals surface area contributed by atoms with Crippen LogP contribution >= 0.6 is 11.3 Å². The lowest BCUT2D eigenvalue weighted by molar-refractivity contribution is -0.121. The number of thiazole rings is 1. The van der Waals surface area contributed by atoms with Gasteiger partial charge in [0.2, 0.25) is 11.7 Å². The summed E-state index contributed by atoms with van der Waals surface area (Å²) in [6.07, 6.45) is 5.99. The molecule has 0 saturated carbocycles. The van der Waals surface area contributed by atoms with Crippen LogP contribution < -0.4 is 20.1 Å². The van der Waals surface area contributed by atoms with Crippen molar-refractivity contribution < 1.29 is 14.0 Å². The molecule has 0 spiro atoms. The standard InChI is InChI=1S/C21H21N3O4S/c1-14(2)12-23-19(26)13-24-20(11-16(25)17-7-5-9-28-17)29-18(21(24)27)10-15-6-3-4-8-22-15/h3-11,14H,12-13H2,1-2H3,(H,23,26)/b18-10+,20-11-. The van der Waals surface area contributed by atoms with E-state index >= 15 is 0 Å². The summed E-state index contributed by atoms with van der Waals surface area (Å²) in [7, 11) is 0. The molecule has 0 radical (unpaired) electrons. The number of nitrogens with zero attached hydrogens (tertiary/aromatic N) is 2. The molecule has 0 aliphatic carbocycles. The molecule has 0 aromatic carbocycles. The average Bonchev–Trinajstić information content (AvgIpc) is 3.32. The number of furan rings is 1. The molecule has 0 saturated heterocycles. The molecule has 0 aliphatic rings. The first-order valence-corrected chi connectivity index (χ1v) is 9.94. The van der Waals surface area contributed by atoms with E-state index in [1.807, 2.05) is 19.9 Å². The lowest BCUT2D eigenvalue weighted by Crippen LogP contribution is -2.39. The lowest BCUT2D eigenvalue weighted by atomic mass is 10.2. The summed E-state index contributed by atoms with van der Waals surface area (Å²) in [6, 6.07) is 8.53. The maximum absolute atomic E-state index is 12.9. The molecule has 3 aromatic heterocycles. The SMILES string of the molecule is CC(C)CNC(=O)Cn1c(=O)/c(=C\c2ccccn2)s/c1=C\C(=O)c1ccco1. The van der Waals surface area contributed by atoms with Crippen molar-refractivity contribution in [2.45, 2.75) is 20.4 Å². The fraction of sp³-hybridized carbons (Fsp3) is 0.238. The van der Waals surface area contributed by atoms with Gasteiger partial charge in [0.1, 0.15) is 11.2 Å². The summed E-state index contributed by atoms with van der Waals surface area (Å²) >= 11 is 1.13. The average molecular weight is 411 g/mol. The highest BCUT2D eigenvalue weighted by Gasteiger charge is 2.12. The number of amides is 1. The van der Waals surface area contributed by atoms with Crippen molar-refractivity contribution in [3.63, 3.8) is 0 Å². The number of carbonyl (C=O) groups excluding carboxylic acids is 2. The Morgan fingerprint density at radius 2 is 2.10 bits per heavy atom. The first-order chi connectivity index (χ1) is 13.9. The Balaban J connectivity index is 2.04. The number of rotatable bonds is 7. The maximum Gasteiger partial charge on any atom is 0.269 e. The van der Waals surface area contributed by atoms with E-state index in [2.05, 4.69) is 10.3 Å². The first-order valence-electron chi connectivity index (χ1n) is 9.12. The smallest absolute Gasteiger partial charge is 0.269 e. The maximum atomic E-state index is 12.9. The van der Waals surface area contributed by atoms with Crippen molar-refractivity contribution in [1.29, 1.82) is 0 Å². The van der Waals surface area contributed by atoms with E-state index in [-0.39, 0.29) is 35.5 Å². The van der Waals surface area contributed by atoms with E-state index < -0.39 is 0 Å². The monoisotopic (exact) mass is 411 g/mol. The molecule has 1 amide bonds. The zero-order valence-electron chi connectivity index (χ0n) is 16.1. The van der Waals surface area contributed by atoms with Crippen molar-refractivity contribution in [2.24, 2.45) is 5.92 Å². The van der Waals surface area contributed by atoms with Gasteiger partial charge in [-0.25, -0.2) is 0 Å². The molecule has 0 unspecified atom stereocenters. The number of hydrogen-bond donors (Lipinski definition) is 1. The summed E-state index contributed by atoms with van der Waals surface area (Å²) in [4.78, 5) is 41.8. The molecule has 0 atom stereocenters. The Kier molecular flexibility index (Phi) is 6.56. The Morgan fingerprint density at radius 3 is 2.76 bits per heavy atom. The van der Waals surface area contributed by atoms with Crippen LogP contribution in [0.5, 0.6) is 0 Å². The second kappa shape index (κ2) is 9.29. The summed E-state index contributed by atoms with van der Waals surface area (Å²) < 4.78 is 7.19. The molecule has 0 bridgehead atoms. The molecule has 7 nitrogen and oxygen atoms in total. The van der Waals surface area contributed by atoms with Crippen LogP contribution in [0.1, 0.15) is 30.1 Å². The van der Waals surface area contributed by atoms with E-state index in [4.69, 9.17) is 4.42 Å². The van der Waals surface area contributed by atoms with Crippen molar-refractivity contribution in [1.82, 2.24) is 14.9 Å². The second-order valence-corrected chi connectivity index (χ2v) is 7.84. The van der Waals surface area contributed by atoms with Gasteiger partial charge in [-0.05, 0) is 36.3 Å². The quantitative estimate of drug-likeness (QED) is 0.589. The van der Waals surface area contributed by atoms with Crippen LogP contribution in [0.3, 0.4) is 0 Å². The van der Waals surface area contributed by atoms with E-state index in [0.717, 1.165) is 11.3 Å². The number of hydrogen-bond acceptors (Lipinski definition) is 6. The van der Waals surface area contributed by atoms with Crippen LogP contribution in [-0.4, -0.2) is 27.8 Å². The minimum absolute atomic E-state index is 0.164. The van der Waals surface area contributed by atoms with Crippen LogP contribution in [-0.2, 0) is 11.3 Å².